The largest absolute Gasteiger partial charge is 0.348 e. The number of nitrogens with zero attached hydrogens (tertiary/aromatic N) is 3. The van der Waals surface area contributed by atoms with Gasteiger partial charge in [0.25, 0.3) is 0 Å². The summed E-state index contributed by atoms with van der Waals surface area (Å²) in [4.78, 5) is 9.92. The van der Waals surface area contributed by atoms with Crippen molar-refractivity contribution in [2.75, 3.05) is 32.7 Å². The first-order chi connectivity index (χ1) is 11.3. The lowest BCUT2D eigenvalue weighted by Gasteiger charge is -2.26. The van der Waals surface area contributed by atoms with E-state index < -0.39 is 0 Å². The molecule has 2 aliphatic heterocycles. The molecule has 0 aromatic heterocycles. The number of aliphatic imine (C=N–C) groups is 1. The molecule has 3 aliphatic rings. The van der Waals surface area contributed by atoms with Gasteiger partial charge >= 0.3 is 0 Å². The molecule has 1 aromatic carbocycles. The number of guanidine groups is 1. The van der Waals surface area contributed by atoms with E-state index >= 15 is 0 Å². The van der Waals surface area contributed by atoms with Crippen molar-refractivity contribution in [3.05, 3.63) is 35.9 Å². The highest BCUT2D eigenvalue weighted by atomic mass is 127. The predicted molar refractivity (Wildman–Crippen MR) is 110 cm³/mol. The van der Waals surface area contributed by atoms with Crippen molar-refractivity contribution in [3.8, 4) is 0 Å². The molecule has 3 atom stereocenters. The van der Waals surface area contributed by atoms with Gasteiger partial charge in [-0.3, -0.25) is 9.89 Å². The quantitative estimate of drug-likeness (QED) is 0.714. The number of hydrogen-bond acceptors (Lipinski definition) is 2. The molecule has 5 heteroatoms. The summed E-state index contributed by atoms with van der Waals surface area (Å²) in [7, 11) is 0. The Bertz CT molecular complexity index is 562. The molecule has 0 amide bonds. The molecule has 0 radical (unpaired) electrons. The van der Waals surface area contributed by atoms with Crippen LogP contribution >= 0.6 is 24.0 Å². The number of rotatable bonds is 5. The van der Waals surface area contributed by atoms with Crippen molar-refractivity contribution in [2.24, 2.45) is 10.9 Å². The van der Waals surface area contributed by atoms with Gasteiger partial charge in [0, 0.05) is 32.2 Å². The average Bonchev–Trinajstić information content (AvgIpc) is 3.30. The van der Waals surface area contributed by atoms with Gasteiger partial charge in [-0.2, -0.15) is 0 Å². The van der Waals surface area contributed by atoms with E-state index in [2.05, 4.69) is 52.4 Å². The van der Waals surface area contributed by atoms with Crippen LogP contribution in [0.15, 0.2) is 35.3 Å². The normalized spacial score (nSPS) is 30.6. The van der Waals surface area contributed by atoms with Crippen molar-refractivity contribution in [3.63, 3.8) is 0 Å². The number of hydrogen-bond donors (Lipinski definition) is 1. The minimum Gasteiger partial charge on any atom is -0.348 e. The molecule has 24 heavy (non-hydrogen) atoms. The number of benzene rings is 1. The topological polar surface area (TPSA) is 30.9 Å². The van der Waals surface area contributed by atoms with Crippen LogP contribution < -0.4 is 5.32 Å². The van der Waals surface area contributed by atoms with Crippen molar-refractivity contribution < 1.29 is 0 Å². The number of piperidine rings is 1. The maximum absolute atomic E-state index is 4.89. The molecule has 3 fully saturated rings. The Morgan fingerprint density at radius 3 is 2.67 bits per heavy atom. The Morgan fingerprint density at radius 2 is 2.00 bits per heavy atom. The third-order valence-corrected chi connectivity index (χ3v) is 5.76. The van der Waals surface area contributed by atoms with Crippen LogP contribution in [0.5, 0.6) is 0 Å². The van der Waals surface area contributed by atoms with Gasteiger partial charge in [0.1, 0.15) is 0 Å². The van der Waals surface area contributed by atoms with Crippen LogP contribution in [0.25, 0.3) is 0 Å². The minimum atomic E-state index is 0. The van der Waals surface area contributed by atoms with Gasteiger partial charge in [0.05, 0.1) is 12.6 Å². The fraction of sp³-hybridized carbons (Fsp3) is 0.632. The first-order valence-corrected chi connectivity index (χ1v) is 9.18. The van der Waals surface area contributed by atoms with Gasteiger partial charge in [-0.25, -0.2) is 0 Å². The van der Waals surface area contributed by atoms with Crippen LogP contribution in [0.1, 0.15) is 37.8 Å². The summed E-state index contributed by atoms with van der Waals surface area (Å²) in [6.07, 6.45) is 4.31. The molecule has 3 unspecified atom stereocenters. The van der Waals surface area contributed by atoms with Crippen molar-refractivity contribution in [1.29, 1.82) is 0 Å². The van der Waals surface area contributed by atoms with Gasteiger partial charge < -0.3 is 10.2 Å². The Labute approximate surface area is 162 Å². The van der Waals surface area contributed by atoms with Gasteiger partial charge in [0.2, 0.25) is 0 Å². The SMILES string of the molecule is CCN1CC(c2ccccc2)NC1=NCCN1CC2CCC1C2.I. The third-order valence-electron chi connectivity index (χ3n) is 5.76. The number of likely N-dealkylation sites (N-methyl/N-ethyl adjacent to an activating group) is 1. The minimum absolute atomic E-state index is 0. The average molecular weight is 440 g/mol. The summed E-state index contributed by atoms with van der Waals surface area (Å²) >= 11 is 0. The van der Waals surface area contributed by atoms with Gasteiger partial charge in [-0.15, -0.1) is 24.0 Å². The smallest absolute Gasteiger partial charge is 0.194 e. The highest BCUT2D eigenvalue weighted by Gasteiger charge is 2.37. The molecule has 1 aliphatic carbocycles. The molecule has 1 aromatic rings. The van der Waals surface area contributed by atoms with E-state index in [0.29, 0.717) is 6.04 Å². The second kappa shape index (κ2) is 8.04. The van der Waals surface area contributed by atoms with Crippen LogP contribution in [0.2, 0.25) is 0 Å². The number of halogens is 1. The highest BCUT2D eigenvalue weighted by Crippen LogP contribution is 2.36. The molecular formula is C19H29IN4. The van der Waals surface area contributed by atoms with E-state index in [1.54, 1.807) is 0 Å². The van der Waals surface area contributed by atoms with Crippen LogP contribution in [0.3, 0.4) is 0 Å². The van der Waals surface area contributed by atoms with Crippen molar-refractivity contribution in [2.45, 2.75) is 38.3 Å². The fourth-order valence-electron chi connectivity index (χ4n) is 4.48. The van der Waals surface area contributed by atoms with Crippen molar-refractivity contribution >= 4 is 29.9 Å². The molecule has 1 N–H and O–H groups in total. The number of likely N-dealkylation sites (tertiary alicyclic amines) is 1. The zero-order valence-corrected chi connectivity index (χ0v) is 16.9. The lowest BCUT2D eigenvalue weighted by Crippen LogP contribution is -2.35. The van der Waals surface area contributed by atoms with E-state index in [-0.39, 0.29) is 24.0 Å². The summed E-state index contributed by atoms with van der Waals surface area (Å²) in [5.74, 6) is 2.07. The summed E-state index contributed by atoms with van der Waals surface area (Å²) in [6.45, 7) is 7.61. The molecule has 2 saturated heterocycles. The molecule has 0 spiro atoms. The maximum atomic E-state index is 4.89. The molecule has 1 saturated carbocycles. The Hall–Kier alpha value is -0.820. The van der Waals surface area contributed by atoms with E-state index in [9.17, 15) is 0 Å². The van der Waals surface area contributed by atoms with Crippen molar-refractivity contribution in [1.82, 2.24) is 15.1 Å². The van der Waals surface area contributed by atoms with E-state index in [1.165, 1.54) is 31.4 Å². The molecule has 2 bridgehead atoms. The van der Waals surface area contributed by atoms with Gasteiger partial charge in [-0.1, -0.05) is 30.3 Å². The lowest BCUT2D eigenvalue weighted by molar-refractivity contribution is 0.219. The zero-order chi connectivity index (χ0) is 15.6. The molecule has 4 nitrogen and oxygen atoms in total. The summed E-state index contributed by atoms with van der Waals surface area (Å²) < 4.78 is 0. The maximum Gasteiger partial charge on any atom is 0.194 e. The van der Waals surface area contributed by atoms with E-state index in [0.717, 1.165) is 44.1 Å². The van der Waals surface area contributed by atoms with E-state index in [1.807, 2.05) is 0 Å². The second-order valence-corrected chi connectivity index (χ2v) is 7.18. The first kappa shape index (κ1) is 18.0. The molecular weight excluding hydrogens is 411 g/mol. The lowest BCUT2D eigenvalue weighted by atomic mass is 10.1. The predicted octanol–water partition coefficient (Wildman–Crippen LogP) is 3.11. The summed E-state index contributed by atoms with van der Waals surface area (Å²) in [6, 6.07) is 11.9. The molecule has 4 rings (SSSR count). The Balaban J connectivity index is 0.00000169. The fourth-order valence-corrected chi connectivity index (χ4v) is 4.48. The van der Waals surface area contributed by atoms with E-state index in [4.69, 9.17) is 4.99 Å². The standard InChI is InChI=1S/C19H28N4.HI/c1-2-22-14-18(16-6-4-3-5-7-16)21-19(22)20-10-11-23-13-15-8-9-17(23)12-15;/h3-7,15,17-18H,2,8-14H2,1H3,(H,20,21);1H. The van der Waals surface area contributed by atoms with Crippen LogP contribution in [-0.2, 0) is 0 Å². The Kier molecular flexibility index (Phi) is 6.02. The highest BCUT2D eigenvalue weighted by molar-refractivity contribution is 14.0. The monoisotopic (exact) mass is 440 g/mol. The second-order valence-electron chi connectivity index (χ2n) is 7.18. The third kappa shape index (κ3) is 3.72. The first-order valence-electron chi connectivity index (χ1n) is 9.18. The van der Waals surface area contributed by atoms with Gasteiger partial charge in [0.15, 0.2) is 5.96 Å². The Morgan fingerprint density at radius 1 is 1.17 bits per heavy atom. The van der Waals surface area contributed by atoms with Gasteiger partial charge in [-0.05, 0) is 37.7 Å². The molecule has 2 heterocycles. The van der Waals surface area contributed by atoms with Crippen LogP contribution in [0.4, 0.5) is 0 Å². The zero-order valence-electron chi connectivity index (χ0n) is 14.5. The van der Waals surface area contributed by atoms with Crippen LogP contribution in [0, 0.1) is 5.92 Å². The number of nitrogens with one attached hydrogen (secondary N) is 1. The summed E-state index contributed by atoms with van der Waals surface area (Å²) in [5, 5.41) is 3.63. The molecule has 132 valence electrons. The summed E-state index contributed by atoms with van der Waals surface area (Å²) in [5.41, 5.74) is 1.35. The van der Waals surface area contributed by atoms with Crippen LogP contribution in [-0.4, -0.2) is 54.5 Å². The number of fused-ring (bicyclic) bond motifs is 2.